The number of hydrogen-bond acceptors (Lipinski definition) is 5. The number of hydrazone groups is 1. The Bertz CT molecular complexity index is 720. The molecule has 120 valence electrons. The van der Waals surface area contributed by atoms with Gasteiger partial charge in [-0.3, -0.25) is 4.79 Å². The third-order valence-corrected chi connectivity index (χ3v) is 3.60. The van der Waals surface area contributed by atoms with Crippen LogP contribution in [0, 0.1) is 0 Å². The molecule has 7 nitrogen and oxygen atoms in total. The highest BCUT2D eigenvalue weighted by Gasteiger charge is 2.25. The summed E-state index contributed by atoms with van der Waals surface area (Å²) in [5.74, 6) is 1.35. The average molecular weight is 313 g/mol. The van der Waals surface area contributed by atoms with Gasteiger partial charge < -0.3 is 4.74 Å². The van der Waals surface area contributed by atoms with Crippen molar-refractivity contribution in [1.82, 2.24) is 15.0 Å². The van der Waals surface area contributed by atoms with Crippen LogP contribution in [0.5, 0.6) is 5.75 Å². The maximum absolute atomic E-state index is 12.1. The van der Waals surface area contributed by atoms with Crippen molar-refractivity contribution in [2.45, 2.75) is 26.2 Å². The zero-order valence-electron chi connectivity index (χ0n) is 13.3. The minimum atomic E-state index is -0.0537. The second kappa shape index (κ2) is 6.60. The lowest BCUT2D eigenvalue weighted by Crippen LogP contribution is -2.33. The second-order valence-corrected chi connectivity index (χ2v) is 5.34. The van der Waals surface area contributed by atoms with Gasteiger partial charge in [0.15, 0.2) is 5.82 Å². The summed E-state index contributed by atoms with van der Waals surface area (Å²) in [4.78, 5) is 12.1. The Morgan fingerprint density at radius 1 is 1.22 bits per heavy atom. The van der Waals surface area contributed by atoms with Gasteiger partial charge in [0.1, 0.15) is 5.75 Å². The number of aryl methyl sites for hydroxylation is 1. The Balaban J connectivity index is 1.84. The largest absolute Gasteiger partial charge is 0.494 e. The molecular formula is C16H19N5O2. The van der Waals surface area contributed by atoms with Crippen molar-refractivity contribution in [3.05, 3.63) is 36.0 Å². The first-order valence-corrected chi connectivity index (χ1v) is 7.67. The molecule has 0 aliphatic carbocycles. The minimum Gasteiger partial charge on any atom is -0.494 e. The number of carbonyl (C=O) groups excluding carboxylic acids is 1. The molecule has 0 N–H and O–H groups in total. The van der Waals surface area contributed by atoms with Gasteiger partial charge in [0.25, 0.3) is 0 Å². The number of nitrogens with zero attached hydrogens (tertiary/aromatic N) is 5. The Kier molecular flexibility index (Phi) is 4.36. The normalized spacial score (nSPS) is 14.8. The molecule has 3 rings (SSSR count). The molecule has 1 aliphatic rings. The van der Waals surface area contributed by atoms with Crippen LogP contribution in [0.2, 0.25) is 0 Å². The summed E-state index contributed by atoms with van der Waals surface area (Å²) in [7, 11) is 1.74. The number of aromatic nitrogens is 3. The van der Waals surface area contributed by atoms with E-state index in [4.69, 9.17) is 4.74 Å². The summed E-state index contributed by atoms with van der Waals surface area (Å²) in [6.07, 6.45) is 3.55. The van der Waals surface area contributed by atoms with Gasteiger partial charge in [-0.15, -0.1) is 5.10 Å². The van der Waals surface area contributed by atoms with Crippen LogP contribution in [0.3, 0.4) is 0 Å². The van der Waals surface area contributed by atoms with Gasteiger partial charge in [-0.05, 0) is 36.2 Å². The smallest absolute Gasteiger partial charge is 0.249 e. The van der Waals surface area contributed by atoms with Crippen molar-refractivity contribution in [2.75, 3.05) is 11.6 Å². The summed E-state index contributed by atoms with van der Waals surface area (Å²) < 4.78 is 7.12. The molecule has 0 atom stereocenters. The van der Waals surface area contributed by atoms with Gasteiger partial charge in [0.05, 0.1) is 18.5 Å². The van der Waals surface area contributed by atoms with E-state index in [-0.39, 0.29) is 5.91 Å². The molecule has 2 aromatic rings. The maximum Gasteiger partial charge on any atom is 0.249 e. The van der Waals surface area contributed by atoms with E-state index >= 15 is 0 Å². The molecule has 0 fully saturated rings. The van der Waals surface area contributed by atoms with Crippen LogP contribution in [-0.4, -0.2) is 33.2 Å². The number of ether oxygens (including phenoxy) is 1. The van der Waals surface area contributed by atoms with Crippen molar-refractivity contribution in [3.8, 4) is 5.75 Å². The van der Waals surface area contributed by atoms with E-state index in [1.54, 1.807) is 7.05 Å². The molecule has 0 unspecified atom stereocenters. The van der Waals surface area contributed by atoms with Gasteiger partial charge in [0.2, 0.25) is 5.91 Å². The topological polar surface area (TPSA) is 72.6 Å². The molecule has 0 radical (unpaired) electrons. The number of carbonyl (C=O) groups is 1. The fraction of sp³-hybridized carbons (Fsp3) is 0.375. The van der Waals surface area contributed by atoms with E-state index in [0.29, 0.717) is 25.3 Å². The molecule has 0 saturated heterocycles. The van der Waals surface area contributed by atoms with Gasteiger partial charge in [-0.1, -0.05) is 12.1 Å². The predicted octanol–water partition coefficient (Wildman–Crippen LogP) is 2.13. The zero-order valence-corrected chi connectivity index (χ0v) is 13.3. The van der Waals surface area contributed by atoms with Crippen molar-refractivity contribution in [2.24, 2.45) is 12.1 Å². The highest BCUT2D eigenvalue weighted by molar-refractivity contribution is 6.08. The summed E-state index contributed by atoms with van der Waals surface area (Å²) >= 11 is 0. The quantitative estimate of drug-likeness (QED) is 0.847. The molecule has 1 aromatic carbocycles. The van der Waals surface area contributed by atoms with E-state index < -0.39 is 0 Å². The summed E-state index contributed by atoms with van der Waals surface area (Å²) in [5, 5.41) is 13.5. The highest BCUT2D eigenvalue weighted by atomic mass is 16.5. The van der Waals surface area contributed by atoms with E-state index in [1.165, 1.54) is 15.9 Å². The van der Waals surface area contributed by atoms with E-state index in [2.05, 4.69) is 22.3 Å². The van der Waals surface area contributed by atoms with Crippen LogP contribution in [0.1, 0.15) is 31.7 Å². The molecule has 0 saturated carbocycles. The summed E-state index contributed by atoms with van der Waals surface area (Å²) in [6, 6.07) is 7.80. The average Bonchev–Trinajstić information content (AvgIpc) is 3.00. The van der Waals surface area contributed by atoms with E-state index in [9.17, 15) is 4.79 Å². The van der Waals surface area contributed by atoms with Crippen LogP contribution >= 0.6 is 0 Å². The van der Waals surface area contributed by atoms with Crippen LogP contribution in [0.25, 0.3) is 0 Å². The van der Waals surface area contributed by atoms with E-state index in [1.807, 2.05) is 24.3 Å². The summed E-state index contributed by atoms with van der Waals surface area (Å²) in [5.41, 5.74) is 1.86. The second-order valence-electron chi connectivity index (χ2n) is 5.34. The molecular weight excluding hydrogens is 294 g/mol. The van der Waals surface area contributed by atoms with Gasteiger partial charge >= 0.3 is 0 Å². The van der Waals surface area contributed by atoms with Crippen molar-refractivity contribution < 1.29 is 9.53 Å². The number of hydrogen-bond donors (Lipinski definition) is 0. The maximum atomic E-state index is 12.1. The van der Waals surface area contributed by atoms with Crippen molar-refractivity contribution in [3.63, 3.8) is 0 Å². The molecule has 7 heteroatoms. The first-order chi connectivity index (χ1) is 11.2. The molecule has 1 amide bonds. The lowest BCUT2D eigenvalue weighted by atomic mass is 10.0. The Morgan fingerprint density at radius 3 is 2.65 bits per heavy atom. The number of amides is 1. The zero-order chi connectivity index (χ0) is 16.2. The number of rotatable bonds is 5. The predicted molar refractivity (Wildman–Crippen MR) is 86.5 cm³/mol. The Hall–Kier alpha value is -2.70. The summed E-state index contributed by atoms with van der Waals surface area (Å²) in [6.45, 7) is 2.78. The fourth-order valence-electron chi connectivity index (χ4n) is 2.38. The van der Waals surface area contributed by atoms with Gasteiger partial charge in [0, 0.05) is 19.9 Å². The third kappa shape index (κ3) is 3.23. The van der Waals surface area contributed by atoms with Crippen LogP contribution in [-0.2, 0) is 11.8 Å². The molecule has 1 aromatic heterocycles. The van der Waals surface area contributed by atoms with Gasteiger partial charge in [-0.2, -0.15) is 10.1 Å². The van der Waals surface area contributed by atoms with E-state index in [0.717, 1.165) is 23.4 Å². The molecule has 2 heterocycles. The van der Waals surface area contributed by atoms with Crippen LogP contribution in [0.15, 0.2) is 35.6 Å². The fourth-order valence-corrected chi connectivity index (χ4v) is 2.38. The van der Waals surface area contributed by atoms with Crippen molar-refractivity contribution >= 4 is 17.4 Å². The SMILES string of the molecule is CCCOc1ccc(C2=NN(c3cnnn3C)C(=O)CC2)cc1. The monoisotopic (exact) mass is 313 g/mol. The Labute approximate surface area is 134 Å². The molecule has 23 heavy (non-hydrogen) atoms. The highest BCUT2D eigenvalue weighted by Crippen LogP contribution is 2.22. The minimum absolute atomic E-state index is 0.0537. The number of benzene rings is 1. The number of anilines is 1. The van der Waals surface area contributed by atoms with Crippen LogP contribution < -0.4 is 9.75 Å². The third-order valence-electron chi connectivity index (χ3n) is 3.60. The lowest BCUT2D eigenvalue weighted by molar-refractivity contribution is -0.118. The molecule has 0 spiro atoms. The first kappa shape index (κ1) is 15.2. The lowest BCUT2D eigenvalue weighted by Gasteiger charge is -2.22. The van der Waals surface area contributed by atoms with Gasteiger partial charge in [-0.25, -0.2) is 4.68 Å². The molecule has 1 aliphatic heterocycles. The molecule has 0 bridgehead atoms. The first-order valence-electron chi connectivity index (χ1n) is 7.67. The van der Waals surface area contributed by atoms with Crippen LogP contribution in [0.4, 0.5) is 5.82 Å². The standard InChI is InChI=1S/C16H19N5O2/c1-3-10-23-13-6-4-12(5-7-13)14-8-9-16(22)21(18-14)15-11-17-19-20(15)2/h4-7,11H,3,8-10H2,1-2H3. The van der Waals surface area contributed by atoms with Crippen molar-refractivity contribution in [1.29, 1.82) is 0 Å². The Morgan fingerprint density at radius 2 is 2.00 bits per heavy atom.